The molecule has 1 N–H and O–H groups in total. The van der Waals surface area contributed by atoms with Gasteiger partial charge in [0.15, 0.2) is 6.61 Å². The molecule has 186 valence electrons. The second-order valence-corrected chi connectivity index (χ2v) is 9.52. The van der Waals surface area contributed by atoms with E-state index in [1.807, 2.05) is 30.3 Å². The summed E-state index contributed by atoms with van der Waals surface area (Å²) in [6.45, 7) is 2.64. The van der Waals surface area contributed by atoms with E-state index in [4.69, 9.17) is 9.47 Å². The van der Waals surface area contributed by atoms with Crippen molar-refractivity contribution in [1.29, 1.82) is 0 Å². The molecule has 8 heteroatoms. The number of hydrogen-bond donors (Lipinski definition) is 1. The van der Waals surface area contributed by atoms with Crippen LogP contribution >= 0.6 is 11.8 Å². The molecule has 0 bridgehead atoms. The minimum Gasteiger partial charge on any atom is -0.494 e. The molecule has 1 saturated heterocycles. The number of unbranched alkanes of at least 4 members (excludes halogenated alkanes) is 1. The zero-order valence-electron chi connectivity index (χ0n) is 20.0. The topological polar surface area (TPSA) is 84.9 Å². The van der Waals surface area contributed by atoms with Gasteiger partial charge in [0.05, 0.1) is 17.5 Å². The minimum absolute atomic E-state index is 0.0963. The average Bonchev–Trinajstić information content (AvgIpc) is 3.17. The summed E-state index contributed by atoms with van der Waals surface area (Å²) >= 11 is 1.34. The molecule has 7 nitrogen and oxygen atoms in total. The lowest BCUT2D eigenvalue weighted by atomic mass is 10.2. The van der Waals surface area contributed by atoms with Crippen molar-refractivity contribution in [2.75, 3.05) is 23.4 Å². The molecule has 0 radical (unpaired) electrons. The second kappa shape index (κ2) is 12.3. The summed E-state index contributed by atoms with van der Waals surface area (Å²) < 4.78 is 11.1. The highest BCUT2D eigenvalue weighted by Gasteiger charge is 2.40. The molecule has 3 aromatic rings. The van der Waals surface area contributed by atoms with Crippen molar-refractivity contribution in [1.82, 2.24) is 0 Å². The predicted octanol–water partition coefficient (Wildman–Crippen LogP) is 5.31. The van der Waals surface area contributed by atoms with Gasteiger partial charge in [-0.2, -0.15) is 0 Å². The molecule has 0 aliphatic carbocycles. The van der Waals surface area contributed by atoms with Gasteiger partial charge in [0, 0.05) is 17.0 Å². The van der Waals surface area contributed by atoms with E-state index < -0.39 is 5.25 Å². The summed E-state index contributed by atoms with van der Waals surface area (Å²) in [5.74, 6) is 0.615. The number of carbonyl (C=O) groups is 3. The van der Waals surface area contributed by atoms with E-state index in [-0.39, 0.29) is 30.7 Å². The Hall–Kier alpha value is -3.78. The van der Waals surface area contributed by atoms with E-state index >= 15 is 0 Å². The summed E-state index contributed by atoms with van der Waals surface area (Å²) in [4.78, 5) is 39.9. The van der Waals surface area contributed by atoms with Crippen molar-refractivity contribution in [2.24, 2.45) is 0 Å². The fourth-order valence-corrected chi connectivity index (χ4v) is 4.69. The number of imide groups is 1. The summed E-state index contributed by atoms with van der Waals surface area (Å²) in [5, 5.41) is 2.28. The highest BCUT2D eigenvalue weighted by atomic mass is 32.2. The van der Waals surface area contributed by atoms with Crippen molar-refractivity contribution in [3.63, 3.8) is 0 Å². The van der Waals surface area contributed by atoms with Crippen LogP contribution in [-0.2, 0) is 14.4 Å². The first-order valence-electron chi connectivity index (χ1n) is 11.9. The number of rotatable bonds is 11. The van der Waals surface area contributed by atoms with Crippen LogP contribution in [0.2, 0.25) is 0 Å². The van der Waals surface area contributed by atoms with Crippen LogP contribution in [0.5, 0.6) is 11.5 Å². The van der Waals surface area contributed by atoms with Gasteiger partial charge in [0.1, 0.15) is 11.5 Å². The number of anilines is 2. The van der Waals surface area contributed by atoms with Crippen LogP contribution in [-0.4, -0.2) is 36.2 Å². The molecular formula is C28H28N2O5S. The first-order valence-corrected chi connectivity index (χ1v) is 12.8. The predicted molar refractivity (Wildman–Crippen MR) is 141 cm³/mol. The third kappa shape index (κ3) is 6.66. The maximum atomic E-state index is 13.0. The van der Waals surface area contributed by atoms with Crippen LogP contribution in [0, 0.1) is 0 Å². The Bertz CT molecular complexity index is 1180. The van der Waals surface area contributed by atoms with E-state index in [0.717, 1.165) is 23.5 Å². The Morgan fingerprint density at radius 2 is 1.64 bits per heavy atom. The first-order chi connectivity index (χ1) is 17.5. The van der Waals surface area contributed by atoms with E-state index in [2.05, 4.69) is 12.2 Å². The van der Waals surface area contributed by atoms with Crippen molar-refractivity contribution in [3.05, 3.63) is 78.9 Å². The molecule has 0 saturated carbocycles. The number of ether oxygens (including phenoxy) is 2. The van der Waals surface area contributed by atoms with Crippen LogP contribution in [0.1, 0.15) is 26.2 Å². The van der Waals surface area contributed by atoms with Crippen LogP contribution in [0.4, 0.5) is 11.4 Å². The van der Waals surface area contributed by atoms with Gasteiger partial charge in [0.25, 0.3) is 5.91 Å². The summed E-state index contributed by atoms with van der Waals surface area (Å²) in [6, 6.07) is 23.3. The quantitative estimate of drug-likeness (QED) is 0.282. The highest BCUT2D eigenvalue weighted by molar-refractivity contribution is 8.00. The number of nitrogens with zero attached hydrogens (tertiary/aromatic N) is 1. The monoisotopic (exact) mass is 504 g/mol. The van der Waals surface area contributed by atoms with Crippen molar-refractivity contribution in [3.8, 4) is 11.5 Å². The van der Waals surface area contributed by atoms with Gasteiger partial charge in [0.2, 0.25) is 11.8 Å². The molecule has 0 spiro atoms. The van der Waals surface area contributed by atoms with Crippen molar-refractivity contribution < 1.29 is 23.9 Å². The summed E-state index contributed by atoms with van der Waals surface area (Å²) in [7, 11) is 0. The molecular weight excluding hydrogens is 476 g/mol. The Labute approximate surface area is 214 Å². The Balaban J connectivity index is 1.29. The number of thioether (sulfide) groups is 1. The molecule has 1 atom stereocenters. The zero-order valence-corrected chi connectivity index (χ0v) is 20.8. The third-order valence-electron chi connectivity index (χ3n) is 5.50. The molecule has 4 rings (SSSR count). The van der Waals surface area contributed by atoms with Gasteiger partial charge in [-0.25, -0.2) is 4.90 Å². The number of benzene rings is 3. The first kappa shape index (κ1) is 25.3. The molecule has 36 heavy (non-hydrogen) atoms. The lowest BCUT2D eigenvalue weighted by Crippen LogP contribution is -2.31. The van der Waals surface area contributed by atoms with Gasteiger partial charge < -0.3 is 14.8 Å². The lowest BCUT2D eigenvalue weighted by Gasteiger charge is -2.16. The van der Waals surface area contributed by atoms with E-state index in [0.29, 0.717) is 23.7 Å². The van der Waals surface area contributed by atoms with E-state index in [1.165, 1.54) is 16.7 Å². The summed E-state index contributed by atoms with van der Waals surface area (Å²) in [6.07, 6.45) is 2.16. The van der Waals surface area contributed by atoms with Gasteiger partial charge in [-0.1, -0.05) is 31.5 Å². The molecule has 1 unspecified atom stereocenters. The van der Waals surface area contributed by atoms with Crippen LogP contribution < -0.4 is 19.7 Å². The van der Waals surface area contributed by atoms with E-state index in [9.17, 15) is 14.4 Å². The standard InChI is InChI=1S/C28H28N2O5S/c1-2-3-17-34-23-13-11-21(12-14-23)30-27(32)18-25(28(30)33)36-24-15-9-20(10-16-24)29-26(31)19-35-22-7-5-4-6-8-22/h4-16,25H,2-3,17-19H2,1H3,(H,29,31). The molecule has 1 fully saturated rings. The number of amides is 3. The fourth-order valence-electron chi connectivity index (χ4n) is 3.64. The van der Waals surface area contributed by atoms with Gasteiger partial charge in [-0.15, -0.1) is 11.8 Å². The maximum Gasteiger partial charge on any atom is 0.262 e. The number of nitrogens with one attached hydrogen (secondary N) is 1. The van der Waals surface area contributed by atoms with Crippen LogP contribution in [0.3, 0.4) is 0 Å². The third-order valence-corrected chi connectivity index (χ3v) is 6.69. The second-order valence-electron chi connectivity index (χ2n) is 8.25. The Morgan fingerprint density at radius 1 is 0.944 bits per heavy atom. The summed E-state index contributed by atoms with van der Waals surface area (Å²) in [5.41, 5.74) is 1.17. The lowest BCUT2D eigenvalue weighted by molar-refractivity contribution is -0.121. The maximum absolute atomic E-state index is 13.0. The number of hydrogen-bond acceptors (Lipinski definition) is 6. The zero-order chi connectivity index (χ0) is 25.3. The average molecular weight is 505 g/mol. The van der Waals surface area contributed by atoms with Crippen molar-refractivity contribution in [2.45, 2.75) is 36.3 Å². The highest BCUT2D eigenvalue weighted by Crippen LogP contribution is 2.35. The van der Waals surface area contributed by atoms with Crippen LogP contribution in [0.25, 0.3) is 0 Å². The smallest absolute Gasteiger partial charge is 0.262 e. The largest absolute Gasteiger partial charge is 0.494 e. The minimum atomic E-state index is -0.502. The van der Waals surface area contributed by atoms with Crippen LogP contribution in [0.15, 0.2) is 83.8 Å². The fraction of sp³-hybridized carbons (Fsp3) is 0.250. The molecule has 1 aliphatic heterocycles. The molecule has 1 aliphatic rings. The molecule has 1 heterocycles. The number of para-hydroxylation sites is 1. The van der Waals surface area contributed by atoms with Gasteiger partial charge in [-0.05, 0) is 67.1 Å². The van der Waals surface area contributed by atoms with E-state index in [1.54, 1.807) is 48.5 Å². The molecule has 3 aromatic carbocycles. The van der Waals surface area contributed by atoms with Gasteiger partial charge in [-0.3, -0.25) is 14.4 Å². The Morgan fingerprint density at radius 3 is 2.33 bits per heavy atom. The molecule has 0 aromatic heterocycles. The molecule has 3 amide bonds. The Kier molecular flexibility index (Phi) is 8.62. The normalized spacial score (nSPS) is 15.1. The number of carbonyl (C=O) groups excluding carboxylic acids is 3. The SMILES string of the molecule is CCCCOc1ccc(N2C(=O)CC(Sc3ccc(NC(=O)COc4ccccc4)cc3)C2=O)cc1. The van der Waals surface area contributed by atoms with Crippen molar-refractivity contribution >= 4 is 40.9 Å². The van der Waals surface area contributed by atoms with Gasteiger partial charge >= 0.3 is 0 Å².